The van der Waals surface area contributed by atoms with Crippen LogP contribution < -0.4 is 5.32 Å². The third-order valence-electron chi connectivity index (χ3n) is 5.96. The second-order valence-electron chi connectivity index (χ2n) is 8.44. The van der Waals surface area contributed by atoms with Crippen molar-refractivity contribution in [1.82, 2.24) is 15.2 Å². The maximum absolute atomic E-state index is 13.3. The smallest absolute Gasteiger partial charge is 0.254 e. The first-order chi connectivity index (χ1) is 16.0. The number of fused-ring (bicyclic) bond motifs is 1. The molecule has 1 aromatic heterocycles. The number of halogens is 1. The van der Waals surface area contributed by atoms with Gasteiger partial charge in [0.2, 0.25) is 5.91 Å². The number of amides is 2. The predicted octanol–water partition coefficient (Wildman–Crippen LogP) is 1.68. The van der Waals surface area contributed by atoms with Gasteiger partial charge in [-0.2, -0.15) is 0 Å². The summed E-state index contributed by atoms with van der Waals surface area (Å²) in [4.78, 5) is 31.2. The van der Waals surface area contributed by atoms with Crippen LogP contribution in [0.2, 0.25) is 0 Å². The number of nitrogens with zero attached hydrogens (tertiary/aromatic N) is 2. The van der Waals surface area contributed by atoms with Gasteiger partial charge in [0, 0.05) is 31.0 Å². The summed E-state index contributed by atoms with van der Waals surface area (Å²) < 4.78 is 25.1. The average Bonchev–Trinajstić information content (AvgIpc) is 2.81. The fraction of sp³-hybridized carbons (Fsp3) is 0.458. The molecular weight excluding hydrogens is 429 g/mol. The van der Waals surface area contributed by atoms with Gasteiger partial charge >= 0.3 is 0 Å². The van der Waals surface area contributed by atoms with Crippen molar-refractivity contribution in [1.29, 1.82) is 0 Å². The summed E-state index contributed by atoms with van der Waals surface area (Å²) in [6.07, 6.45) is 2.99. The molecule has 2 aromatic rings. The van der Waals surface area contributed by atoms with Gasteiger partial charge in [0.05, 0.1) is 37.9 Å². The molecule has 4 rings (SSSR count). The maximum atomic E-state index is 13.3. The summed E-state index contributed by atoms with van der Waals surface area (Å²) in [6.45, 7) is 0.712. The molecular formula is C24H28FN3O5. The molecule has 0 spiro atoms. The number of nitrogens with one attached hydrogen (secondary N) is 1. The molecule has 2 saturated heterocycles. The van der Waals surface area contributed by atoms with E-state index in [1.54, 1.807) is 41.6 Å². The molecule has 176 valence electrons. The number of β-amino-alcohol motifs (C(OH)–C–C–N with tert-alkyl or cyclic N) is 1. The first kappa shape index (κ1) is 23.3. The fourth-order valence-electron chi connectivity index (χ4n) is 4.36. The van der Waals surface area contributed by atoms with E-state index in [0.717, 1.165) is 0 Å². The minimum absolute atomic E-state index is 0.103. The average molecular weight is 458 g/mol. The highest BCUT2D eigenvalue weighted by molar-refractivity contribution is 5.94. The van der Waals surface area contributed by atoms with Crippen molar-refractivity contribution in [2.45, 2.75) is 50.2 Å². The second-order valence-corrected chi connectivity index (χ2v) is 8.44. The van der Waals surface area contributed by atoms with Crippen LogP contribution in [-0.2, 0) is 20.8 Å². The lowest BCUT2D eigenvalue weighted by Gasteiger charge is -2.44. The molecule has 2 aliphatic heterocycles. The Morgan fingerprint density at radius 1 is 1.18 bits per heavy atom. The molecule has 3 heterocycles. The highest BCUT2D eigenvalue weighted by Gasteiger charge is 2.40. The van der Waals surface area contributed by atoms with Gasteiger partial charge in [0.15, 0.2) is 0 Å². The number of rotatable bonds is 5. The topological polar surface area (TPSA) is 101 Å². The number of benzene rings is 1. The maximum Gasteiger partial charge on any atom is 0.254 e. The van der Waals surface area contributed by atoms with Crippen molar-refractivity contribution in [3.05, 3.63) is 65.7 Å². The first-order valence-corrected chi connectivity index (χ1v) is 11.1. The largest absolute Gasteiger partial charge is 0.389 e. The quantitative estimate of drug-likeness (QED) is 0.709. The van der Waals surface area contributed by atoms with Crippen LogP contribution >= 0.6 is 0 Å². The summed E-state index contributed by atoms with van der Waals surface area (Å²) >= 11 is 0. The van der Waals surface area contributed by atoms with E-state index in [2.05, 4.69) is 10.3 Å². The van der Waals surface area contributed by atoms with Crippen molar-refractivity contribution < 1.29 is 28.6 Å². The number of hydrogen-bond acceptors (Lipinski definition) is 6. The minimum atomic E-state index is -0.789. The van der Waals surface area contributed by atoms with Crippen LogP contribution in [0, 0.1) is 5.82 Å². The van der Waals surface area contributed by atoms with Crippen LogP contribution in [0.5, 0.6) is 0 Å². The Morgan fingerprint density at radius 3 is 2.79 bits per heavy atom. The van der Waals surface area contributed by atoms with E-state index in [-0.39, 0.29) is 62.5 Å². The van der Waals surface area contributed by atoms with Crippen molar-refractivity contribution in [2.24, 2.45) is 0 Å². The molecule has 2 N–H and O–H groups in total. The number of aliphatic hydroxyl groups is 1. The lowest BCUT2D eigenvalue weighted by molar-refractivity contribution is -0.151. The zero-order valence-corrected chi connectivity index (χ0v) is 18.2. The molecule has 2 aliphatic rings. The van der Waals surface area contributed by atoms with Crippen LogP contribution in [0.15, 0.2) is 48.8 Å². The highest BCUT2D eigenvalue weighted by atomic mass is 19.1. The van der Waals surface area contributed by atoms with E-state index in [0.29, 0.717) is 24.0 Å². The molecule has 8 nitrogen and oxygen atoms in total. The zero-order valence-electron chi connectivity index (χ0n) is 18.2. The molecule has 2 amide bonds. The summed E-state index contributed by atoms with van der Waals surface area (Å²) in [5.41, 5.74) is 1.18. The lowest BCUT2D eigenvalue weighted by Crippen LogP contribution is -2.57. The van der Waals surface area contributed by atoms with Gasteiger partial charge in [0.25, 0.3) is 5.91 Å². The monoisotopic (exact) mass is 457 g/mol. The van der Waals surface area contributed by atoms with Crippen molar-refractivity contribution in [2.75, 3.05) is 19.8 Å². The van der Waals surface area contributed by atoms with Gasteiger partial charge < -0.3 is 24.8 Å². The summed E-state index contributed by atoms with van der Waals surface area (Å²) in [5, 5.41) is 13.1. The van der Waals surface area contributed by atoms with Crippen molar-refractivity contribution in [3.8, 4) is 0 Å². The molecule has 0 unspecified atom stereocenters. The Bertz CT molecular complexity index is 960. The molecule has 1 aromatic carbocycles. The number of aromatic nitrogens is 1. The lowest BCUT2D eigenvalue weighted by atomic mass is 9.94. The molecule has 0 radical (unpaired) electrons. The number of aliphatic hydroxyl groups excluding tert-OH is 1. The third-order valence-corrected chi connectivity index (χ3v) is 5.96. The van der Waals surface area contributed by atoms with Crippen LogP contribution in [0.25, 0.3) is 0 Å². The molecule has 0 aliphatic carbocycles. The predicted molar refractivity (Wildman–Crippen MR) is 117 cm³/mol. The molecule has 33 heavy (non-hydrogen) atoms. The van der Waals surface area contributed by atoms with E-state index in [1.165, 1.54) is 12.1 Å². The Kier molecular flexibility index (Phi) is 7.64. The van der Waals surface area contributed by atoms with Crippen LogP contribution in [0.3, 0.4) is 0 Å². The molecule has 2 fully saturated rings. The van der Waals surface area contributed by atoms with Crippen molar-refractivity contribution in [3.63, 3.8) is 0 Å². The van der Waals surface area contributed by atoms with Crippen LogP contribution in [-0.4, -0.2) is 70.9 Å². The standard InChI is InChI=1S/C24H28FN3O5/c25-18-3-1-2-16(10-18)12-27-23(30)11-20-4-5-21-22(33-20)15-32-14-19(29)13-28(21)24(31)17-6-8-26-9-7-17/h1-3,6-10,19-22,29H,4-5,11-15H2,(H,27,30)/t19-,20-,21-,22+/m0/s1. The number of carbonyl (C=O) groups is 2. The van der Waals surface area contributed by atoms with Crippen LogP contribution in [0.1, 0.15) is 35.2 Å². The Balaban J connectivity index is 1.37. The zero-order chi connectivity index (χ0) is 23.2. The minimum Gasteiger partial charge on any atom is -0.389 e. The Labute approximate surface area is 191 Å². The fourth-order valence-corrected chi connectivity index (χ4v) is 4.36. The van der Waals surface area contributed by atoms with E-state index in [9.17, 15) is 19.1 Å². The number of pyridine rings is 1. The molecule has 4 atom stereocenters. The van der Waals surface area contributed by atoms with Crippen LogP contribution in [0.4, 0.5) is 4.39 Å². The van der Waals surface area contributed by atoms with Gasteiger partial charge in [-0.3, -0.25) is 14.6 Å². The van der Waals surface area contributed by atoms with Gasteiger partial charge in [0.1, 0.15) is 11.9 Å². The highest BCUT2D eigenvalue weighted by Crippen LogP contribution is 2.28. The normalized spacial score (nSPS) is 25.5. The third kappa shape index (κ3) is 6.13. The molecule has 0 bridgehead atoms. The Morgan fingerprint density at radius 2 is 2.00 bits per heavy atom. The SMILES string of the molecule is O=C(C[C@@H]1CC[C@H]2[C@@H](COC[C@@H](O)CN2C(=O)c2ccncc2)O1)NCc1cccc(F)c1. The number of ether oxygens (including phenoxy) is 2. The van der Waals surface area contributed by atoms with E-state index in [1.807, 2.05) is 0 Å². The number of hydrogen-bond donors (Lipinski definition) is 2. The van der Waals surface area contributed by atoms with Gasteiger partial charge in [-0.25, -0.2) is 4.39 Å². The van der Waals surface area contributed by atoms with E-state index < -0.39 is 12.2 Å². The molecule has 0 saturated carbocycles. The van der Waals surface area contributed by atoms with Crippen molar-refractivity contribution >= 4 is 11.8 Å². The van der Waals surface area contributed by atoms with Gasteiger partial charge in [-0.15, -0.1) is 0 Å². The van der Waals surface area contributed by atoms with Gasteiger partial charge in [-0.1, -0.05) is 12.1 Å². The summed E-state index contributed by atoms with van der Waals surface area (Å²) in [6, 6.07) is 9.12. The van der Waals surface area contributed by atoms with E-state index in [4.69, 9.17) is 9.47 Å². The molecule has 9 heteroatoms. The number of carbonyl (C=O) groups excluding carboxylic acids is 2. The van der Waals surface area contributed by atoms with E-state index >= 15 is 0 Å². The summed E-state index contributed by atoms with van der Waals surface area (Å²) in [5.74, 6) is -0.721. The van der Waals surface area contributed by atoms with Gasteiger partial charge in [-0.05, 0) is 42.7 Å². The Hall–Kier alpha value is -2.88. The first-order valence-electron chi connectivity index (χ1n) is 11.1. The summed E-state index contributed by atoms with van der Waals surface area (Å²) in [7, 11) is 0. The second kappa shape index (κ2) is 10.8.